The fourth-order valence-corrected chi connectivity index (χ4v) is 0. The Morgan fingerprint density at radius 1 is 0.818 bits per heavy atom. The van der Waals surface area contributed by atoms with Crippen LogP contribution in [0, 0.1) is 13.8 Å². The molecule has 0 fully saturated rings. The van der Waals surface area contributed by atoms with Crippen molar-refractivity contribution < 1.29 is 36.8 Å². The van der Waals surface area contributed by atoms with Gasteiger partial charge in [-0.15, -0.1) is 0 Å². The van der Waals surface area contributed by atoms with Crippen LogP contribution in [0.15, 0.2) is 0 Å². The molecule has 0 aromatic rings. The van der Waals surface area contributed by atoms with E-state index in [4.69, 9.17) is 0 Å². The van der Waals surface area contributed by atoms with Gasteiger partial charge in [0.15, 0.2) is 0 Å². The third-order valence-electron chi connectivity index (χ3n) is 0.707. The Bertz CT molecular complexity index is 20.1. The summed E-state index contributed by atoms with van der Waals surface area (Å²) < 4.78 is 0. The average molecular weight is 327 g/mol. The van der Waals surface area contributed by atoms with Crippen LogP contribution in [0.3, 0.4) is 0 Å². The van der Waals surface area contributed by atoms with Crippen LogP contribution in [0.4, 0.5) is 0 Å². The normalized spacial score (nSPS) is 5.45. The van der Waals surface area contributed by atoms with Crippen LogP contribution in [0.2, 0.25) is 0 Å². The van der Waals surface area contributed by atoms with E-state index in [0.717, 1.165) is 12.8 Å². The Balaban J connectivity index is -0.0000000171. The van der Waals surface area contributed by atoms with Crippen molar-refractivity contribution in [3.8, 4) is 0 Å². The first kappa shape index (κ1) is 29.8. The van der Waals surface area contributed by atoms with Crippen molar-refractivity contribution in [1.29, 1.82) is 0 Å². The minimum absolute atomic E-state index is 0. The molecule has 11 heavy (non-hydrogen) atoms. The van der Waals surface area contributed by atoms with Gasteiger partial charge in [-0.2, -0.15) is 12.8 Å². The van der Waals surface area contributed by atoms with Crippen LogP contribution in [-0.4, -0.2) is 11.0 Å². The van der Waals surface area contributed by atoms with Gasteiger partial charge in [0.2, 0.25) is 0 Å². The van der Waals surface area contributed by atoms with Crippen molar-refractivity contribution in [2.75, 3.05) is 0 Å². The number of hydrogen-bond donors (Lipinski definition) is 0. The third-order valence-corrected chi connectivity index (χ3v) is 0.707. The second-order valence-electron chi connectivity index (χ2n) is 1.71. The Kier molecular flexibility index (Phi) is 122. The summed E-state index contributed by atoms with van der Waals surface area (Å²) in [5.41, 5.74) is 0. The molecule has 0 bridgehead atoms. The maximum absolute atomic E-state index is 3.60. The van der Waals surface area contributed by atoms with Crippen molar-refractivity contribution in [2.24, 2.45) is 0 Å². The molecule has 68 valence electrons. The summed E-state index contributed by atoms with van der Waals surface area (Å²) in [7, 11) is 0. The number of hydrogen-bond acceptors (Lipinski definition) is 2. The molecule has 0 amide bonds. The molecular weight excluding hydrogens is 307 g/mol. The second kappa shape index (κ2) is 45.1. The predicted molar refractivity (Wildman–Crippen MR) is 44.4 cm³/mol. The number of rotatable bonds is 2. The molecule has 0 aliphatic heterocycles. The summed E-state index contributed by atoms with van der Waals surface area (Å²) in [4.78, 5) is 0. The Morgan fingerprint density at radius 2 is 0.909 bits per heavy atom. The zero-order valence-corrected chi connectivity index (χ0v) is 11.2. The predicted octanol–water partition coefficient (Wildman–Crippen LogP) is 2.89. The van der Waals surface area contributed by atoms with Crippen molar-refractivity contribution in [3.63, 3.8) is 0 Å². The third kappa shape index (κ3) is 107. The molecule has 0 aliphatic rings. The SMILES string of the molecule is [CH2-]CCC.[CH2-]CCC.[Hf+4].[OH-].[OH-]. The molecule has 0 radical (unpaired) electrons. The fraction of sp³-hybridized carbons (Fsp3) is 0.750. The zero-order chi connectivity index (χ0) is 6.83. The first-order chi connectivity index (χ1) is 3.83. The number of unbranched alkanes of at least 4 members (excludes halogenated alkanes) is 2. The van der Waals surface area contributed by atoms with Gasteiger partial charge < -0.3 is 24.8 Å². The summed E-state index contributed by atoms with van der Waals surface area (Å²) in [5.74, 6) is 0. The maximum Gasteiger partial charge on any atom is 4.00 e. The van der Waals surface area contributed by atoms with E-state index in [2.05, 4.69) is 27.7 Å². The standard InChI is InChI=1S/2C4H9.Hf.2H2O/c2*1-3-4-2;;;/h2*1,3-4H2,2H3;;2*1H2/q2*-1;+4;;/p-2. The van der Waals surface area contributed by atoms with E-state index < -0.39 is 0 Å². The quantitative estimate of drug-likeness (QED) is 0.578. The second-order valence-corrected chi connectivity index (χ2v) is 1.71. The van der Waals surface area contributed by atoms with Crippen LogP contribution in [0.25, 0.3) is 0 Å². The van der Waals surface area contributed by atoms with Gasteiger partial charge in [-0.3, -0.25) is 0 Å². The molecular formula is C8H20HfO2. The fourth-order valence-electron chi connectivity index (χ4n) is 0. The zero-order valence-electron chi connectivity index (χ0n) is 7.64. The van der Waals surface area contributed by atoms with E-state index in [-0.39, 0.29) is 36.8 Å². The van der Waals surface area contributed by atoms with E-state index in [0.29, 0.717) is 0 Å². The largest absolute Gasteiger partial charge is 4.00 e. The van der Waals surface area contributed by atoms with Crippen LogP contribution in [0.1, 0.15) is 39.5 Å². The molecule has 0 atom stereocenters. The van der Waals surface area contributed by atoms with E-state index in [1.807, 2.05) is 0 Å². The first-order valence-corrected chi connectivity index (χ1v) is 3.41. The van der Waals surface area contributed by atoms with Crippen LogP contribution < -0.4 is 0 Å². The minimum Gasteiger partial charge on any atom is -0.870 e. The molecule has 2 nitrogen and oxygen atoms in total. The van der Waals surface area contributed by atoms with Gasteiger partial charge in [-0.25, -0.2) is 0 Å². The topological polar surface area (TPSA) is 60.0 Å². The van der Waals surface area contributed by atoms with Gasteiger partial charge in [0.05, 0.1) is 0 Å². The van der Waals surface area contributed by atoms with E-state index in [1.165, 1.54) is 12.8 Å². The van der Waals surface area contributed by atoms with Gasteiger partial charge in [0.25, 0.3) is 0 Å². The summed E-state index contributed by atoms with van der Waals surface area (Å²) in [6.45, 7) is 11.4. The molecule has 0 spiro atoms. The van der Waals surface area contributed by atoms with E-state index >= 15 is 0 Å². The Hall–Kier alpha value is 0.790. The molecule has 2 N–H and O–H groups in total. The molecule has 0 aromatic heterocycles. The van der Waals surface area contributed by atoms with Crippen LogP contribution in [0.5, 0.6) is 0 Å². The molecule has 0 aromatic carbocycles. The van der Waals surface area contributed by atoms with E-state index in [9.17, 15) is 0 Å². The van der Waals surface area contributed by atoms with Crippen molar-refractivity contribution in [1.82, 2.24) is 0 Å². The van der Waals surface area contributed by atoms with Crippen molar-refractivity contribution >= 4 is 0 Å². The summed E-state index contributed by atoms with van der Waals surface area (Å²) in [6, 6.07) is 0. The molecule has 0 aliphatic carbocycles. The summed E-state index contributed by atoms with van der Waals surface area (Å²) in [6.07, 6.45) is 4.56. The molecule has 0 saturated carbocycles. The Morgan fingerprint density at radius 3 is 0.909 bits per heavy atom. The van der Waals surface area contributed by atoms with Crippen LogP contribution in [-0.2, 0) is 25.8 Å². The van der Waals surface area contributed by atoms with Gasteiger partial charge in [-0.05, 0) is 0 Å². The van der Waals surface area contributed by atoms with Crippen LogP contribution >= 0.6 is 0 Å². The van der Waals surface area contributed by atoms with Gasteiger partial charge in [-0.1, -0.05) is 26.7 Å². The maximum atomic E-state index is 3.60. The minimum atomic E-state index is 0. The summed E-state index contributed by atoms with van der Waals surface area (Å²) >= 11 is 0. The molecule has 0 saturated heterocycles. The molecule has 0 rings (SSSR count). The first-order valence-electron chi connectivity index (χ1n) is 3.41. The Labute approximate surface area is 90.2 Å². The molecule has 3 heteroatoms. The smallest absolute Gasteiger partial charge is 0.870 e. The summed E-state index contributed by atoms with van der Waals surface area (Å²) in [5, 5.41) is 0. The van der Waals surface area contributed by atoms with Crippen molar-refractivity contribution in [3.05, 3.63) is 13.8 Å². The molecule has 0 heterocycles. The van der Waals surface area contributed by atoms with Gasteiger partial charge in [0.1, 0.15) is 0 Å². The van der Waals surface area contributed by atoms with Gasteiger partial charge in [0, 0.05) is 0 Å². The average Bonchev–Trinajstić information content (AvgIpc) is 1.88. The monoisotopic (exact) mass is 328 g/mol. The van der Waals surface area contributed by atoms with E-state index in [1.54, 1.807) is 0 Å². The van der Waals surface area contributed by atoms with Crippen molar-refractivity contribution in [2.45, 2.75) is 39.5 Å². The molecule has 0 unspecified atom stereocenters. The van der Waals surface area contributed by atoms with Gasteiger partial charge >= 0.3 is 25.8 Å².